The summed E-state index contributed by atoms with van der Waals surface area (Å²) in [5, 5.41) is 10.3. The van der Waals surface area contributed by atoms with E-state index < -0.39 is 0 Å². The van der Waals surface area contributed by atoms with E-state index in [-0.39, 0.29) is 0 Å². The Morgan fingerprint density at radius 3 is 2.58 bits per heavy atom. The minimum absolute atomic E-state index is 0.508. The fourth-order valence-corrected chi connectivity index (χ4v) is 1.52. The smallest absolute Gasteiger partial charge is 0.284 e. The molecule has 0 radical (unpaired) electrons. The van der Waals surface area contributed by atoms with Crippen molar-refractivity contribution in [3.05, 3.63) is 0 Å². The van der Waals surface area contributed by atoms with Gasteiger partial charge in [0.1, 0.15) is 0 Å². The number of unbranched alkanes of at least 4 members (excludes halogenated alkanes) is 1. The van der Waals surface area contributed by atoms with E-state index >= 15 is 0 Å². The highest BCUT2D eigenvalue weighted by Crippen LogP contribution is 1.98. The standard InChI is InChI=1S/C6H18B3N3/c1-3-5-6-9-11-7-10-8(4-2)12-9/h7,10-12H,3-6H2,1-2H3. The van der Waals surface area contributed by atoms with Crippen LogP contribution in [0.2, 0.25) is 12.6 Å². The van der Waals surface area contributed by atoms with Gasteiger partial charge in [-0.25, -0.2) is 0 Å². The molecule has 0 aliphatic carbocycles. The van der Waals surface area contributed by atoms with Gasteiger partial charge >= 0.3 is 0 Å². The van der Waals surface area contributed by atoms with Crippen LogP contribution >= 0.6 is 0 Å². The van der Waals surface area contributed by atoms with Crippen LogP contribution in [0.5, 0.6) is 0 Å². The largest absolute Gasteiger partial charge is 0.374 e. The molecule has 1 saturated heterocycles. The van der Waals surface area contributed by atoms with Crippen molar-refractivity contribution >= 4 is 21.5 Å². The van der Waals surface area contributed by atoms with Crippen molar-refractivity contribution in [3.63, 3.8) is 0 Å². The van der Waals surface area contributed by atoms with E-state index in [1.165, 1.54) is 19.2 Å². The Bertz CT molecular complexity index is 125. The predicted octanol–water partition coefficient (Wildman–Crippen LogP) is -0.168. The molecular weight excluding hydrogens is 147 g/mol. The van der Waals surface area contributed by atoms with Crippen LogP contribution in [0.1, 0.15) is 26.7 Å². The van der Waals surface area contributed by atoms with E-state index in [4.69, 9.17) is 0 Å². The summed E-state index contributed by atoms with van der Waals surface area (Å²) in [5.41, 5.74) is 0. The third-order valence-corrected chi connectivity index (χ3v) is 2.35. The fourth-order valence-electron chi connectivity index (χ4n) is 1.52. The second-order valence-corrected chi connectivity index (χ2v) is 3.41. The fraction of sp³-hybridized carbons (Fsp3) is 1.00. The monoisotopic (exact) mass is 165 g/mol. The van der Waals surface area contributed by atoms with Crippen molar-refractivity contribution in [1.29, 1.82) is 0 Å². The molecule has 0 aromatic rings. The molecule has 12 heavy (non-hydrogen) atoms. The molecule has 0 amide bonds. The zero-order valence-electron chi connectivity index (χ0n) is 8.19. The maximum absolute atomic E-state index is 3.52. The second kappa shape index (κ2) is 5.67. The van der Waals surface area contributed by atoms with Gasteiger partial charge in [0, 0.05) is 0 Å². The van der Waals surface area contributed by atoms with Crippen LogP contribution in [0.4, 0.5) is 0 Å². The molecule has 6 heteroatoms. The van der Waals surface area contributed by atoms with Crippen molar-refractivity contribution < 1.29 is 0 Å². The van der Waals surface area contributed by atoms with Gasteiger partial charge in [0.2, 0.25) is 0 Å². The molecule has 1 aliphatic heterocycles. The molecule has 66 valence electrons. The predicted molar refractivity (Wildman–Crippen MR) is 58.3 cm³/mol. The van der Waals surface area contributed by atoms with Crippen molar-refractivity contribution in [3.8, 4) is 0 Å². The summed E-state index contributed by atoms with van der Waals surface area (Å²) in [4.78, 5) is 0. The van der Waals surface area contributed by atoms with Crippen molar-refractivity contribution in [2.45, 2.75) is 39.3 Å². The quantitative estimate of drug-likeness (QED) is 0.506. The molecule has 0 bridgehead atoms. The molecule has 0 aromatic heterocycles. The van der Waals surface area contributed by atoms with Crippen molar-refractivity contribution in [2.75, 3.05) is 0 Å². The lowest BCUT2D eigenvalue weighted by Gasteiger charge is -2.27. The summed E-state index contributed by atoms with van der Waals surface area (Å²) in [6, 6.07) is 0. The van der Waals surface area contributed by atoms with Crippen LogP contribution in [-0.2, 0) is 0 Å². The topological polar surface area (TPSA) is 36.1 Å². The van der Waals surface area contributed by atoms with Gasteiger partial charge in [-0.3, -0.25) is 0 Å². The van der Waals surface area contributed by atoms with E-state index in [0.29, 0.717) is 14.0 Å². The molecule has 3 N–H and O–H groups in total. The molecule has 1 aliphatic rings. The van der Waals surface area contributed by atoms with Gasteiger partial charge in [0.15, 0.2) is 0 Å². The zero-order chi connectivity index (χ0) is 8.81. The minimum Gasteiger partial charge on any atom is -0.374 e. The molecule has 1 heterocycles. The highest BCUT2D eigenvalue weighted by molar-refractivity contribution is 6.81. The van der Waals surface area contributed by atoms with Crippen LogP contribution < -0.4 is 15.4 Å². The van der Waals surface area contributed by atoms with E-state index in [0.717, 1.165) is 13.9 Å². The average Bonchev–Trinajstić information content (AvgIpc) is 2.15. The summed E-state index contributed by atoms with van der Waals surface area (Å²) < 4.78 is 0. The van der Waals surface area contributed by atoms with Crippen LogP contribution in [0, 0.1) is 0 Å². The van der Waals surface area contributed by atoms with E-state index in [1.807, 2.05) is 0 Å². The lowest BCUT2D eigenvalue weighted by atomic mass is 9.53. The van der Waals surface area contributed by atoms with Gasteiger partial charge in [-0.15, -0.1) is 0 Å². The first-order valence-electron chi connectivity index (χ1n) is 5.09. The summed E-state index contributed by atoms with van der Waals surface area (Å²) in [7, 11) is 0.944. The first-order chi connectivity index (χ1) is 5.86. The summed E-state index contributed by atoms with van der Waals surface area (Å²) in [6.07, 6.45) is 4.99. The average molecular weight is 165 g/mol. The normalized spacial score (nSPS) is 17.8. The lowest BCUT2D eigenvalue weighted by Crippen LogP contribution is -2.69. The highest BCUT2D eigenvalue weighted by Gasteiger charge is 2.24. The van der Waals surface area contributed by atoms with Crippen molar-refractivity contribution in [1.82, 2.24) is 15.4 Å². The number of hydrogen-bond acceptors (Lipinski definition) is 3. The summed E-state index contributed by atoms with van der Waals surface area (Å²) in [5.74, 6) is 0. The van der Waals surface area contributed by atoms with Gasteiger partial charge < -0.3 is 15.4 Å². The first kappa shape index (κ1) is 10.2. The molecular formula is C6H18B3N3. The van der Waals surface area contributed by atoms with Gasteiger partial charge in [-0.2, -0.15) is 0 Å². The Kier molecular flexibility index (Phi) is 4.80. The van der Waals surface area contributed by atoms with Gasteiger partial charge in [-0.1, -0.05) is 26.7 Å². The van der Waals surface area contributed by atoms with Crippen LogP contribution in [-0.4, -0.2) is 21.5 Å². The zero-order valence-corrected chi connectivity index (χ0v) is 8.19. The molecule has 1 rings (SSSR count). The molecule has 0 spiro atoms. The molecule has 0 atom stereocenters. The number of nitrogens with one attached hydrogen (secondary N) is 3. The van der Waals surface area contributed by atoms with Gasteiger partial charge in [0.25, 0.3) is 21.5 Å². The Morgan fingerprint density at radius 1 is 1.17 bits per heavy atom. The Hall–Kier alpha value is 0.0748. The van der Waals surface area contributed by atoms with Gasteiger partial charge in [0.05, 0.1) is 0 Å². The molecule has 0 unspecified atom stereocenters. The SMILES string of the molecule is CCCCB1NBNB(CC)N1. The second-order valence-electron chi connectivity index (χ2n) is 3.41. The maximum atomic E-state index is 3.52. The molecule has 0 aromatic carbocycles. The third-order valence-electron chi connectivity index (χ3n) is 2.35. The summed E-state index contributed by atoms with van der Waals surface area (Å²) >= 11 is 0. The summed E-state index contributed by atoms with van der Waals surface area (Å²) in [6.45, 7) is 5.47. The van der Waals surface area contributed by atoms with Gasteiger partial charge in [-0.05, 0) is 12.6 Å². The van der Waals surface area contributed by atoms with Crippen molar-refractivity contribution in [2.24, 2.45) is 0 Å². The molecule has 1 fully saturated rings. The van der Waals surface area contributed by atoms with E-state index in [2.05, 4.69) is 29.3 Å². The highest BCUT2D eigenvalue weighted by atomic mass is 15.0. The Balaban J connectivity index is 2.16. The minimum atomic E-state index is 0.508. The Labute approximate surface area is 77.0 Å². The van der Waals surface area contributed by atoms with Crippen LogP contribution in [0.15, 0.2) is 0 Å². The molecule has 0 saturated carbocycles. The van der Waals surface area contributed by atoms with E-state index in [9.17, 15) is 0 Å². The Morgan fingerprint density at radius 2 is 1.92 bits per heavy atom. The number of rotatable bonds is 4. The van der Waals surface area contributed by atoms with Crippen LogP contribution in [0.3, 0.4) is 0 Å². The third kappa shape index (κ3) is 3.21. The first-order valence-corrected chi connectivity index (χ1v) is 5.09. The number of hydrogen-bond donors (Lipinski definition) is 3. The van der Waals surface area contributed by atoms with E-state index in [1.54, 1.807) is 0 Å². The lowest BCUT2D eigenvalue weighted by molar-refractivity contribution is 0.861. The molecule has 3 nitrogen and oxygen atoms in total. The maximum Gasteiger partial charge on any atom is 0.284 e. The van der Waals surface area contributed by atoms with Crippen LogP contribution in [0.25, 0.3) is 0 Å².